The molecule has 5 aromatic rings. The fraction of sp³-hybridized carbons (Fsp3) is 0.234. The Morgan fingerprint density at radius 1 is 0.772 bits per heavy atom. The number of aliphatic hydroxyl groups is 1. The summed E-state index contributed by atoms with van der Waals surface area (Å²) < 4.78 is 6.28. The number of fused-ring (bicyclic) bond motifs is 4. The van der Waals surface area contributed by atoms with E-state index in [1.165, 1.54) is 11.0 Å². The van der Waals surface area contributed by atoms with E-state index in [0.29, 0.717) is 45.3 Å². The predicted molar refractivity (Wildman–Crippen MR) is 215 cm³/mol. The fourth-order valence-corrected chi connectivity index (χ4v) is 9.67. The van der Waals surface area contributed by atoms with Crippen molar-refractivity contribution in [2.45, 2.75) is 30.8 Å². The summed E-state index contributed by atoms with van der Waals surface area (Å²) in [5.41, 5.74) is 3.75. The Balaban J connectivity index is 1.10. The number of hydrogen-bond acceptors (Lipinski definition) is 9. The second-order valence-electron chi connectivity index (χ2n) is 15.4. The van der Waals surface area contributed by atoms with E-state index in [1.807, 2.05) is 110 Å². The summed E-state index contributed by atoms with van der Waals surface area (Å²) in [6, 6.07) is 36.5. The normalized spacial score (nSPS) is 25.5. The Hall–Kier alpha value is -6.52. The molecule has 284 valence electrons. The maximum atomic E-state index is 15.1. The van der Waals surface area contributed by atoms with Crippen LogP contribution in [0.4, 0.5) is 22.7 Å². The number of aliphatic hydroxyl groups excluding tert-OH is 1. The molecule has 9 rings (SSSR count). The molecular weight excluding hydrogens is 717 g/mol. The van der Waals surface area contributed by atoms with Crippen molar-refractivity contribution in [2.75, 3.05) is 23.9 Å². The van der Waals surface area contributed by atoms with Crippen LogP contribution in [0.2, 0.25) is 0 Å². The lowest BCUT2D eigenvalue weighted by atomic mass is 9.45. The van der Waals surface area contributed by atoms with Crippen molar-refractivity contribution < 1.29 is 28.7 Å². The number of allylic oxidation sites excluding steroid dienone is 4. The zero-order chi connectivity index (χ0) is 39.4. The Morgan fingerprint density at radius 2 is 1.42 bits per heavy atom. The van der Waals surface area contributed by atoms with Gasteiger partial charge in [0.1, 0.15) is 18.1 Å². The van der Waals surface area contributed by atoms with Crippen molar-refractivity contribution in [1.29, 1.82) is 0 Å². The molecule has 57 heavy (non-hydrogen) atoms. The lowest BCUT2D eigenvalue weighted by molar-refractivity contribution is -0.135. The average Bonchev–Trinajstić information content (AvgIpc) is 3.82. The molecule has 10 nitrogen and oxygen atoms in total. The number of furan rings is 1. The van der Waals surface area contributed by atoms with Gasteiger partial charge in [-0.3, -0.25) is 24.1 Å². The zero-order valence-corrected chi connectivity index (χ0v) is 31.5. The molecule has 2 amide bonds. The number of imide groups is 1. The van der Waals surface area contributed by atoms with Gasteiger partial charge in [0.15, 0.2) is 11.6 Å². The summed E-state index contributed by atoms with van der Waals surface area (Å²) >= 11 is 0. The van der Waals surface area contributed by atoms with Crippen molar-refractivity contribution >= 4 is 51.7 Å². The standard InChI is InChI=1S/C47H40N4O6/c1-50(2)32-17-13-30(14-18-32)48-49-31-15-19-33(20-16-31)51-45(55)36-23-22-35-38(42(36)46(51)56)25-39-44(54)37(28-9-5-3-6-10-28)26-41(53)47(39,29-11-7-4-8-12-29)43(35)40-24-21-34(27-52)57-40/h3-22,24,26,36,38-39,42-43,52H,23,25,27H2,1-2H3/t36-,38+,39-,42-,43+,47-/m0/s1. The molecule has 1 saturated carbocycles. The first kappa shape index (κ1) is 36.1. The minimum absolute atomic E-state index is 0.183. The van der Waals surface area contributed by atoms with E-state index in [9.17, 15) is 14.7 Å². The highest BCUT2D eigenvalue weighted by Gasteiger charge is 2.66. The van der Waals surface area contributed by atoms with Crippen molar-refractivity contribution in [3.63, 3.8) is 0 Å². The SMILES string of the molecule is CN(C)c1ccc(N=Nc2ccc(N3C(=O)[C@H]4[C@H](CC=C5[C@H]4C[C@H]4C(=O)C(c6ccccc6)=CC(=O)[C@@]4(c4ccccc4)[C@H]5c4ccc(CO)o4)C3=O)cc2)cc1. The smallest absolute Gasteiger partial charge is 0.238 e. The van der Waals surface area contributed by atoms with Gasteiger partial charge in [0, 0.05) is 31.3 Å². The molecule has 4 aliphatic rings. The van der Waals surface area contributed by atoms with Crippen molar-refractivity contribution in [2.24, 2.45) is 33.9 Å². The van der Waals surface area contributed by atoms with Crippen molar-refractivity contribution in [3.8, 4) is 0 Å². The van der Waals surface area contributed by atoms with E-state index in [-0.39, 0.29) is 42.8 Å². The van der Waals surface area contributed by atoms with Crippen molar-refractivity contribution in [3.05, 3.63) is 162 Å². The number of nitrogens with zero attached hydrogens (tertiary/aromatic N) is 4. The largest absolute Gasteiger partial charge is 0.463 e. The Labute approximate surface area is 329 Å². The Kier molecular flexibility index (Phi) is 9.01. The van der Waals surface area contributed by atoms with Crippen LogP contribution < -0.4 is 9.80 Å². The van der Waals surface area contributed by atoms with Gasteiger partial charge in [0.25, 0.3) is 0 Å². The average molecular weight is 757 g/mol. The van der Waals surface area contributed by atoms with Crippen LogP contribution in [0.1, 0.15) is 41.4 Å². The van der Waals surface area contributed by atoms with Crippen LogP contribution in [-0.2, 0) is 31.2 Å². The number of ketones is 2. The maximum Gasteiger partial charge on any atom is 0.238 e. The van der Waals surface area contributed by atoms with Gasteiger partial charge in [-0.05, 0) is 96.6 Å². The number of rotatable bonds is 8. The molecule has 1 N–H and O–H groups in total. The summed E-state index contributed by atoms with van der Waals surface area (Å²) in [5, 5.41) is 18.8. The van der Waals surface area contributed by atoms with Gasteiger partial charge >= 0.3 is 0 Å². The van der Waals surface area contributed by atoms with Crippen LogP contribution in [0, 0.1) is 23.7 Å². The van der Waals surface area contributed by atoms with Crippen LogP contribution in [0.15, 0.2) is 154 Å². The third kappa shape index (κ3) is 5.82. The predicted octanol–water partition coefficient (Wildman–Crippen LogP) is 8.28. The van der Waals surface area contributed by atoms with Crippen molar-refractivity contribution in [1.82, 2.24) is 0 Å². The number of benzene rings is 4. The highest BCUT2D eigenvalue weighted by Crippen LogP contribution is 2.64. The monoisotopic (exact) mass is 756 g/mol. The second kappa shape index (κ2) is 14.2. The molecule has 0 bridgehead atoms. The number of amides is 2. The van der Waals surface area contributed by atoms with Gasteiger partial charge < -0.3 is 14.4 Å². The lowest BCUT2D eigenvalue weighted by Crippen LogP contribution is -2.58. The molecule has 4 aromatic carbocycles. The number of carbonyl (C=O) groups is 4. The zero-order valence-electron chi connectivity index (χ0n) is 31.5. The third-order valence-corrected chi connectivity index (χ3v) is 12.3. The number of hydrogen-bond donors (Lipinski definition) is 1. The quantitative estimate of drug-likeness (QED) is 0.0958. The van der Waals surface area contributed by atoms with Crippen LogP contribution in [0.25, 0.3) is 5.57 Å². The maximum absolute atomic E-state index is 15.1. The minimum Gasteiger partial charge on any atom is -0.463 e. The van der Waals surface area contributed by atoms with Gasteiger partial charge in [0.05, 0.1) is 40.2 Å². The van der Waals surface area contributed by atoms with E-state index in [4.69, 9.17) is 4.42 Å². The third-order valence-electron chi connectivity index (χ3n) is 12.3. The molecule has 2 heterocycles. The molecule has 1 aromatic heterocycles. The topological polar surface area (TPSA) is 133 Å². The first-order valence-electron chi connectivity index (χ1n) is 19.2. The highest BCUT2D eigenvalue weighted by atomic mass is 16.4. The summed E-state index contributed by atoms with van der Waals surface area (Å²) in [4.78, 5) is 62.4. The molecule has 0 unspecified atom stereocenters. The van der Waals surface area contributed by atoms with Gasteiger partial charge in [0.2, 0.25) is 11.8 Å². The molecule has 0 radical (unpaired) electrons. The number of Topliss-reactive ketones (excluding diaryl/α,β-unsaturated/α-hetero) is 1. The molecule has 2 fully saturated rings. The van der Waals surface area contributed by atoms with E-state index in [1.54, 1.807) is 36.4 Å². The van der Waals surface area contributed by atoms with E-state index >= 15 is 9.59 Å². The number of anilines is 2. The molecular formula is C47H40N4O6. The van der Waals surface area contributed by atoms with Crippen LogP contribution in [-0.4, -0.2) is 42.6 Å². The first-order chi connectivity index (χ1) is 27.7. The first-order valence-corrected chi connectivity index (χ1v) is 19.2. The minimum atomic E-state index is -1.40. The summed E-state index contributed by atoms with van der Waals surface area (Å²) in [6.07, 6.45) is 3.94. The van der Waals surface area contributed by atoms with Gasteiger partial charge in [-0.25, -0.2) is 0 Å². The Morgan fingerprint density at radius 3 is 2.05 bits per heavy atom. The number of azo groups is 1. The number of carbonyl (C=O) groups excluding carboxylic acids is 4. The summed E-state index contributed by atoms with van der Waals surface area (Å²) in [7, 11) is 3.93. The Bertz CT molecular complexity index is 2490. The van der Waals surface area contributed by atoms with Gasteiger partial charge in [-0.15, -0.1) is 0 Å². The lowest BCUT2D eigenvalue weighted by Gasteiger charge is -2.54. The van der Waals surface area contributed by atoms with Crippen LogP contribution in [0.3, 0.4) is 0 Å². The van der Waals surface area contributed by atoms with Gasteiger partial charge in [-0.1, -0.05) is 72.3 Å². The van der Waals surface area contributed by atoms with Crippen LogP contribution in [0.5, 0.6) is 0 Å². The van der Waals surface area contributed by atoms with E-state index < -0.39 is 35.0 Å². The molecule has 3 aliphatic carbocycles. The molecule has 1 saturated heterocycles. The molecule has 0 spiro atoms. The molecule has 10 heteroatoms. The second-order valence-corrected chi connectivity index (χ2v) is 15.4. The summed E-state index contributed by atoms with van der Waals surface area (Å²) in [5.74, 6) is -3.96. The molecule has 1 aliphatic heterocycles. The van der Waals surface area contributed by atoms with E-state index in [2.05, 4.69) is 10.2 Å². The van der Waals surface area contributed by atoms with Gasteiger partial charge in [-0.2, -0.15) is 10.2 Å². The fourth-order valence-electron chi connectivity index (χ4n) is 9.67. The molecule has 6 atom stereocenters. The van der Waals surface area contributed by atoms with E-state index in [0.717, 1.165) is 11.3 Å². The highest BCUT2D eigenvalue weighted by molar-refractivity contribution is 6.32. The summed E-state index contributed by atoms with van der Waals surface area (Å²) in [6.45, 7) is -0.349. The van der Waals surface area contributed by atoms with Crippen LogP contribution >= 0.6 is 0 Å².